The van der Waals surface area contributed by atoms with Crippen molar-refractivity contribution in [2.75, 3.05) is 5.32 Å². The molecule has 90 valence electrons. The van der Waals surface area contributed by atoms with Crippen LogP contribution in [-0.4, -0.2) is 15.2 Å². The van der Waals surface area contributed by atoms with E-state index in [0.717, 1.165) is 29.2 Å². The standard InChI is InChI=1S/C12H15ClN4/c1-7-4-12(13)15-6-11(7)14-5-10-8(2)16-17-9(10)3/h4,6,14H,5H2,1-3H3,(H,16,17). The zero-order valence-corrected chi connectivity index (χ0v) is 10.9. The highest BCUT2D eigenvalue weighted by Crippen LogP contribution is 2.18. The van der Waals surface area contributed by atoms with E-state index in [4.69, 9.17) is 11.6 Å². The van der Waals surface area contributed by atoms with Crippen LogP contribution >= 0.6 is 11.6 Å². The fourth-order valence-corrected chi connectivity index (χ4v) is 1.94. The molecular weight excluding hydrogens is 236 g/mol. The zero-order chi connectivity index (χ0) is 12.4. The van der Waals surface area contributed by atoms with Gasteiger partial charge < -0.3 is 5.32 Å². The van der Waals surface area contributed by atoms with Gasteiger partial charge in [0.15, 0.2) is 0 Å². The van der Waals surface area contributed by atoms with E-state index in [0.29, 0.717) is 5.15 Å². The third-order valence-corrected chi connectivity index (χ3v) is 3.02. The molecular formula is C12H15ClN4. The Labute approximate surface area is 105 Å². The first-order chi connectivity index (χ1) is 8.08. The number of pyridine rings is 1. The van der Waals surface area contributed by atoms with Crippen LogP contribution in [0.15, 0.2) is 12.3 Å². The molecule has 0 amide bonds. The van der Waals surface area contributed by atoms with Gasteiger partial charge >= 0.3 is 0 Å². The summed E-state index contributed by atoms with van der Waals surface area (Å²) in [6, 6.07) is 1.85. The van der Waals surface area contributed by atoms with Gasteiger partial charge in [0, 0.05) is 17.8 Å². The van der Waals surface area contributed by atoms with E-state index < -0.39 is 0 Å². The summed E-state index contributed by atoms with van der Waals surface area (Å²) in [6.45, 7) is 6.75. The average molecular weight is 251 g/mol. The Kier molecular flexibility index (Phi) is 3.33. The quantitative estimate of drug-likeness (QED) is 0.824. The van der Waals surface area contributed by atoms with Gasteiger partial charge in [-0.25, -0.2) is 4.98 Å². The highest BCUT2D eigenvalue weighted by atomic mass is 35.5. The maximum atomic E-state index is 5.81. The van der Waals surface area contributed by atoms with Gasteiger partial charge in [-0.2, -0.15) is 5.10 Å². The van der Waals surface area contributed by atoms with Crippen molar-refractivity contribution in [2.24, 2.45) is 0 Å². The van der Waals surface area contributed by atoms with Gasteiger partial charge in [-0.1, -0.05) is 11.6 Å². The van der Waals surface area contributed by atoms with E-state index in [2.05, 4.69) is 20.5 Å². The van der Waals surface area contributed by atoms with Crippen molar-refractivity contribution in [1.82, 2.24) is 15.2 Å². The number of halogens is 1. The van der Waals surface area contributed by atoms with Gasteiger partial charge in [0.2, 0.25) is 0 Å². The van der Waals surface area contributed by atoms with E-state index in [1.807, 2.05) is 26.8 Å². The smallest absolute Gasteiger partial charge is 0.129 e. The average Bonchev–Trinajstić information content (AvgIpc) is 2.58. The minimum atomic E-state index is 0.517. The van der Waals surface area contributed by atoms with Crippen LogP contribution in [0.4, 0.5) is 5.69 Å². The van der Waals surface area contributed by atoms with Crippen LogP contribution in [0, 0.1) is 20.8 Å². The van der Waals surface area contributed by atoms with E-state index in [9.17, 15) is 0 Å². The van der Waals surface area contributed by atoms with Crippen LogP contribution in [0.5, 0.6) is 0 Å². The summed E-state index contributed by atoms with van der Waals surface area (Å²) in [6.07, 6.45) is 1.75. The predicted octanol–water partition coefficient (Wildman–Crippen LogP) is 3.00. The molecule has 0 fully saturated rings. The van der Waals surface area contributed by atoms with Crippen LogP contribution in [0.1, 0.15) is 22.5 Å². The predicted molar refractivity (Wildman–Crippen MR) is 69.4 cm³/mol. The minimum Gasteiger partial charge on any atom is -0.379 e. The molecule has 5 heteroatoms. The number of hydrogen-bond donors (Lipinski definition) is 2. The molecule has 2 heterocycles. The Balaban J connectivity index is 2.13. The number of nitrogens with one attached hydrogen (secondary N) is 2. The van der Waals surface area contributed by atoms with E-state index >= 15 is 0 Å². The van der Waals surface area contributed by atoms with Crippen molar-refractivity contribution in [3.8, 4) is 0 Å². The monoisotopic (exact) mass is 250 g/mol. The maximum absolute atomic E-state index is 5.81. The number of hydrogen-bond acceptors (Lipinski definition) is 3. The molecule has 0 atom stereocenters. The van der Waals surface area contributed by atoms with Gasteiger partial charge in [0.25, 0.3) is 0 Å². The fourth-order valence-electron chi connectivity index (χ4n) is 1.72. The summed E-state index contributed by atoms with van der Waals surface area (Å²) < 4.78 is 0. The summed E-state index contributed by atoms with van der Waals surface area (Å²) in [5, 5.41) is 11.0. The van der Waals surface area contributed by atoms with E-state index in [1.54, 1.807) is 6.20 Å². The summed E-state index contributed by atoms with van der Waals surface area (Å²) in [5.41, 5.74) is 5.39. The highest BCUT2D eigenvalue weighted by molar-refractivity contribution is 6.29. The molecule has 0 bridgehead atoms. The first-order valence-electron chi connectivity index (χ1n) is 5.44. The Morgan fingerprint density at radius 2 is 2.12 bits per heavy atom. The second kappa shape index (κ2) is 4.75. The SMILES string of the molecule is Cc1cc(Cl)ncc1NCc1c(C)n[nH]c1C. The summed E-state index contributed by atoms with van der Waals surface area (Å²) in [7, 11) is 0. The third kappa shape index (κ3) is 2.58. The topological polar surface area (TPSA) is 53.6 Å². The second-order valence-corrected chi connectivity index (χ2v) is 4.48. The second-order valence-electron chi connectivity index (χ2n) is 4.09. The molecule has 4 nitrogen and oxygen atoms in total. The summed E-state index contributed by atoms with van der Waals surface area (Å²) >= 11 is 5.81. The van der Waals surface area contributed by atoms with Crippen molar-refractivity contribution in [3.63, 3.8) is 0 Å². The summed E-state index contributed by atoms with van der Waals surface area (Å²) in [4.78, 5) is 4.06. The molecule has 2 aromatic rings. The Morgan fingerprint density at radius 1 is 1.35 bits per heavy atom. The van der Waals surface area contributed by atoms with Gasteiger partial charge in [-0.3, -0.25) is 5.10 Å². The van der Waals surface area contributed by atoms with E-state index in [-0.39, 0.29) is 0 Å². The lowest BCUT2D eigenvalue weighted by Crippen LogP contribution is -2.03. The van der Waals surface area contributed by atoms with Crippen molar-refractivity contribution >= 4 is 17.3 Å². The lowest BCUT2D eigenvalue weighted by atomic mass is 10.2. The number of aromatic amines is 1. The number of aryl methyl sites for hydroxylation is 3. The molecule has 2 N–H and O–H groups in total. The Morgan fingerprint density at radius 3 is 2.71 bits per heavy atom. The van der Waals surface area contributed by atoms with Crippen LogP contribution in [0.3, 0.4) is 0 Å². The maximum Gasteiger partial charge on any atom is 0.129 e. The fraction of sp³-hybridized carbons (Fsp3) is 0.333. The van der Waals surface area contributed by atoms with Gasteiger partial charge in [-0.05, 0) is 32.4 Å². The molecule has 0 saturated heterocycles. The Hall–Kier alpha value is -1.55. The first kappa shape index (κ1) is 11.9. The lowest BCUT2D eigenvalue weighted by molar-refractivity contribution is 1.02. The third-order valence-electron chi connectivity index (χ3n) is 2.81. The summed E-state index contributed by atoms with van der Waals surface area (Å²) in [5.74, 6) is 0. The molecule has 0 aliphatic carbocycles. The van der Waals surface area contributed by atoms with Crippen molar-refractivity contribution < 1.29 is 0 Å². The van der Waals surface area contributed by atoms with Crippen molar-refractivity contribution in [2.45, 2.75) is 27.3 Å². The molecule has 2 aromatic heterocycles. The van der Waals surface area contributed by atoms with Gasteiger partial charge in [0.05, 0.1) is 17.6 Å². The van der Waals surface area contributed by atoms with Crippen LogP contribution < -0.4 is 5.32 Å². The lowest BCUT2D eigenvalue weighted by Gasteiger charge is -2.09. The number of anilines is 1. The first-order valence-corrected chi connectivity index (χ1v) is 5.82. The molecule has 2 rings (SSSR count). The minimum absolute atomic E-state index is 0.517. The normalized spacial score (nSPS) is 10.6. The Bertz CT molecular complexity index is 514. The highest BCUT2D eigenvalue weighted by Gasteiger charge is 2.06. The molecule has 0 aliphatic rings. The largest absolute Gasteiger partial charge is 0.379 e. The molecule has 0 radical (unpaired) electrons. The number of H-pyrrole nitrogens is 1. The number of aromatic nitrogens is 3. The zero-order valence-electron chi connectivity index (χ0n) is 10.1. The van der Waals surface area contributed by atoms with Gasteiger partial charge in [-0.15, -0.1) is 0 Å². The molecule has 0 aliphatic heterocycles. The van der Waals surface area contributed by atoms with Crippen molar-refractivity contribution in [3.05, 3.63) is 39.9 Å². The molecule has 0 saturated carbocycles. The molecule has 0 unspecified atom stereocenters. The van der Waals surface area contributed by atoms with Gasteiger partial charge in [0.1, 0.15) is 5.15 Å². The van der Waals surface area contributed by atoms with Crippen LogP contribution in [-0.2, 0) is 6.54 Å². The number of rotatable bonds is 3. The van der Waals surface area contributed by atoms with Crippen molar-refractivity contribution in [1.29, 1.82) is 0 Å². The van der Waals surface area contributed by atoms with Crippen LogP contribution in [0.2, 0.25) is 5.15 Å². The molecule has 0 aromatic carbocycles. The number of nitrogens with zero attached hydrogens (tertiary/aromatic N) is 2. The molecule has 17 heavy (non-hydrogen) atoms. The molecule has 0 spiro atoms. The van der Waals surface area contributed by atoms with E-state index in [1.165, 1.54) is 5.56 Å². The van der Waals surface area contributed by atoms with Crippen LogP contribution in [0.25, 0.3) is 0 Å².